The van der Waals surface area contributed by atoms with Gasteiger partial charge in [0.05, 0.1) is 11.1 Å². The summed E-state index contributed by atoms with van der Waals surface area (Å²) < 4.78 is 5.38. The number of nitrogens with zero attached hydrogens (tertiary/aromatic N) is 2. The summed E-state index contributed by atoms with van der Waals surface area (Å²) in [7, 11) is 0. The Morgan fingerprint density at radius 3 is 2.70 bits per heavy atom. The summed E-state index contributed by atoms with van der Waals surface area (Å²) in [6.45, 7) is 4.21. The van der Waals surface area contributed by atoms with Crippen LogP contribution in [0.25, 0.3) is 0 Å². The minimum atomic E-state index is -0.442. The molecule has 0 unspecified atom stereocenters. The Kier molecular flexibility index (Phi) is 5.88. The highest BCUT2D eigenvalue weighted by Gasteiger charge is 2.05. The molecule has 0 amide bonds. The number of hydrogen-bond donors (Lipinski definition) is 0. The van der Waals surface area contributed by atoms with Gasteiger partial charge in [-0.3, -0.25) is 10.1 Å². The fraction of sp³-hybridized carbons (Fsp3) is 0.118. The average molecular weight is 312 g/mol. The zero-order chi connectivity index (χ0) is 16.5. The Hall–Kier alpha value is -3.15. The summed E-state index contributed by atoms with van der Waals surface area (Å²) in [4.78, 5) is 15.4. The van der Waals surface area contributed by atoms with Crippen LogP contribution in [-0.2, 0) is 11.4 Å². The third-order valence-corrected chi connectivity index (χ3v) is 2.88. The van der Waals surface area contributed by atoms with E-state index >= 15 is 0 Å². The Morgan fingerprint density at radius 1 is 1.22 bits per heavy atom. The maximum absolute atomic E-state index is 10.7. The van der Waals surface area contributed by atoms with Crippen LogP contribution in [0, 0.1) is 10.1 Å². The number of rotatable bonds is 8. The molecular formula is C17H16N2O4. The van der Waals surface area contributed by atoms with E-state index in [1.54, 1.807) is 24.4 Å². The molecule has 0 aliphatic rings. The average Bonchev–Trinajstić information content (AvgIpc) is 2.58. The monoisotopic (exact) mass is 312 g/mol. The lowest BCUT2D eigenvalue weighted by Gasteiger charge is -2.02. The van der Waals surface area contributed by atoms with E-state index < -0.39 is 4.92 Å². The number of hydrogen-bond acceptors (Lipinski definition) is 5. The predicted octanol–water partition coefficient (Wildman–Crippen LogP) is 3.71. The quantitative estimate of drug-likeness (QED) is 0.322. The van der Waals surface area contributed by atoms with Crippen LogP contribution in [0.1, 0.15) is 11.1 Å². The predicted molar refractivity (Wildman–Crippen MR) is 87.6 cm³/mol. The summed E-state index contributed by atoms with van der Waals surface area (Å²) in [6, 6.07) is 13.6. The van der Waals surface area contributed by atoms with Crippen LogP contribution in [0.4, 0.5) is 5.69 Å². The van der Waals surface area contributed by atoms with E-state index in [1.165, 1.54) is 12.1 Å². The second kappa shape index (κ2) is 8.33. The Balaban J connectivity index is 1.85. The van der Waals surface area contributed by atoms with E-state index in [0.29, 0.717) is 12.2 Å². The van der Waals surface area contributed by atoms with E-state index in [1.807, 2.05) is 24.3 Å². The molecular weight excluding hydrogens is 296 g/mol. The number of oxime groups is 1. The van der Waals surface area contributed by atoms with Crippen molar-refractivity contribution in [3.8, 4) is 5.75 Å². The van der Waals surface area contributed by atoms with Crippen molar-refractivity contribution in [2.75, 3.05) is 6.61 Å². The van der Waals surface area contributed by atoms with Crippen LogP contribution >= 0.6 is 0 Å². The molecule has 0 bridgehead atoms. The number of benzene rings is 2. The fourth-order valence-electron chi connectivity index (χ4n) is 1.78. The van der Waals surface area contributed by atoms with Crippen LogP contribution < -0.4 is 4.74 Å². The second-order valence-electron chi connectivity index (χ2n) is 4.60. The molecule has 2 aromatic rings. The Bertz CT molecular complexity index is 696. The van der Waals surface area contributed by atoms with Gasteiger partial charge < -0.3 is 9.57 Å². The molecule has 2 aromatic carbocycles. The molecule has 6 nitrogen and oxygen atoms in total. The van der Waals surface area contributed by atoms with Gasteiger partial charge in [0.25, 0.3) is 5.69 Å². The molecule has 0 fully saturated rings. The van der Waals surface area contributed by atoms with Gasteiger partial charge in [-0.25, -0.2) is 0 Å². The van der Waals surface area contributed by atoms with Crippen molar-refractivity contribution in [1.29, 1.82) is 0 Å². The van der Waals surface area contributed by atoms with Gasteiger partial charge in [0, 0.05) is 12.1 Å². The molecule has 2 rings (SSSR count). The molecule has 0 aliphatic heterocycles. The highest BCUT2D eigenvalue weighted by Crippen LogP contribution is 2.14. The standard InChI is InChI=1S/C17H16N2O4/c1-2-10-22-17-8-6-14(7-9-17)12-18-23-13-15-4-3-5-16(11-15)19(20)21/h2-9,11-12H,1,10,13H2/b18-12-. The molecule has 0 aromatic heterocycles. The van der Waals surface area contributed by atoms with E-state index in [2.05, 4.69) is 11.7 Å². The van der Waals surface area contributed by atoms with Gasteiger partial charge >= 0.3 is 0 Å². The second-order valence-corrected chi connectivity index (χ2v) is 4.60. The molecule has 23 heavy (non-hydrogen) atoms. The van der Waals surface area contributed by atoms with Gasteiger partial charge in [-0.1, -0.05) is 29.9 Å². The fourth-order valence-corrected chi connectivity index (χ4v) is 1.78. The van der Waals surface area contributed by atoms with Gasteiger partial charge in [-0.05, 0) is 35.4 Å². The molecule has 6 heteroatoms. The van der Waals surface area contributed by atoms with Crippen LogP contribution in [0.3, 0.4) is 0 Å². The molecule has 0 N–H and O–H groups in total. The number of nitro groups is 1. The lowest BCUT2D eigenvalue weighted by molar-refractivity contribution is -0.384. The van der Waals surface area contributed by atoms with Crippen molar-refractivity contribution in [2.45, 2.75) is 6.61 Å². The van der Waals surface area contributed by atoms with Crippen LogP contribution in [0.2, 0.25) is 0 Å². The minimum absolute atomic E-state index is 0.0326. The third-order valence-electron chi connectivity index (χ3n) is 2.88. The van der Waals surface area contributed by atoms with Crippen molar-refractivity contribution in [1.82, 2.24) is 0 Å². The topological polar surface area (TPSA) is 74.0 Å². The van der Waals surface area contributed by atoms with E-state index in [0.717, 1.165) is 11.3 Å². The molecule has 0 radical (unpaired) electrons. The maximum atomic E-state index is 10.7. The summed E-state index contributed by atoms with van der Waals surface area (Å²) in [5.41, 5.74) is 1.57. The first-order chi connectivity index (χ1) is 11.2. The van der Waals surface area contributed by atoms with Crippen molar-refractivity contribution in [3.63, 3.8) is 0 Å². The van der Waals surface area contributed by atoms with Gasteiger partial charge in [-0.2, -0.15) is 0 Å². The van der Waals surface area contributed by atoms with E-state index in [4.69, 9.17) is 9.57 Å². The van der Waals surface area contributed by atoms with Crippen LogP contribution in [0.5, 0.6) is 5.75 Å². The summed E-state index contributed by atoms with van der Waals surface area (Å²) >= 11 is 0. The van der Waals surface area contributed by atoms with Crippen LogP contribution in [0.15, 0.2) is 66.3 Å². The van der Waals surface area contributed by atoms with Crippen molar-refractivity contribution in [2.24, 2.45) is 5.16 Å². The molecule has 118 valence electrons. The minimum Gasteiger partial charge on any atom is -0.490 e. The number of ether oxygens (including phenoxy) is 1. The molecule has 0 aliphatic carbocycles. The summed E-state index contributed by atoms with van der Waals surface area (Å²) in [6.07, 6.45) is 3.24. The van der Waals surface area contributed by atoms with Gasteiger partial charge in [0.1, 0.15) is 19.0 Å². The van der Waals surface area contributed by atoms with Crippen molar-refractivity contribution < 1.29 is 14.5 Å². The zero-order valence-corrected chi connectivity index (χ0v) is 12.4. The maximum Gasteiger partial charge on any atom is 0.269 e. The molecule has 0 spiro atoms. The van der Waals surface area contributed by atoms with Gasteiger partial charge in [0.15, 0.2) is 0 Å². The number of non-ortho nitro benzene ring substituents is 1. The zero-order valence-electron chi connectivity index (χ0n) is 12.4. The highest BCUT2D eigenvalue weighted by molar-refractivity contribution is 5.79. The van der Waals surface area contributed by atoms with Crippen LogP contribution in [-0.4, -0.2) is 17.7 Å². The first-order valence-electron chi connectivity index (χ1n) is 6.91. The molecule has 0 atom stereocenters. The first-order valence-corrected chi connectivity index (χ1v) is 6.91. The number of nitro benzene ring substituents is 1. The molecule has 0 saturated carbocycles. The van der Waals surface area contributed by atoms with Gasteiger partial charge in [0.2, 0.25) is 0 Å². The summed E-state index contributed by atoms with van der Waals surface area (Å²) in [5.74, 6) is 0.750. The molecule has 0 saturated heterocycles. The Labute approximate surface area is 133 Å². The lowest BCUT2D eigenvalue weighted by Crippen LogP contribution is -1.93. The normalized spacial score (nSPS) is 10.4. The van der Waals surface area contributed by atoms with E-state index in [-0.39, 0.29) is 12.3 Å². The highest BCUT2D eigenvalue weighted by atomic mass is 16.6. The van der Waals surface area contributed by atoms with Crippen molar-refractivity contribution in [3.05, 3.63) is 82.4 Å². The SMILES string of the molecule is C=CCOc1ccc(/C=N\OCc2cccc([N+](=O)[O-])c2)cc1. The Morgan fingerprint density at radius 2 is 2.00 bits per heavy atom. The lowest BCUT2D eigenvalue weighted by atomic mass is 10.2. The van der Waals surface area contributed by atoms with Gasteiger partial charge in [-0.15, -0.1) is 0 Å². The first kappa shape index (κ1) is 16.2. The van der Waals surface area contributed by atoms with Crippen molar-refractivity contribution >= 4 is 11.9 Å². The smallest absolute Gasteiger partial charge is 0.269 e. The summed E-state index contributed by atoms with van der Waals surface area (Å²) in [5, 5.41) is 14.5. The van der Waals surface area contributed by atoms with E-state index in [9.17, 15) is 10.1 Å². The third kappa shape index (κ3) is 5.28. The largest absolute Gasteiger partial charge is 0.490 e. The molecule has 0 heterocycles.